The van der Waals surface area contributed by atoms with Crippen molar-refractivity contribution >= 4 is 6.09 Å². The van der Waals surface area contributed by atoms with Crippen LogP contribution < -0.4 is 5.84 Å². The van der Waals surface area contributed by atoms with E-state index in [1.165, 1.54) is 0 Å². The Morgan fingerprint density at radius 3 is 2.43 bits per heavy atom. The van der Waals surface area contributed by atoms with Crippen molar-refractivity contribution in [1.82, 2.24) is 11.0 Å². The molecule has 2 radical (unpaired) electrons. The van der Waals surface area contributed by atoms with E-state index < -0.39 is 6.09 Å². The molecule has 0 aromatic carbocycles. The van der Waals surface area contributed by atoms with Gasteiger partial charge in [-0.2, -0.15) is 0 Å². The fourth-order valence-corrected chi connectivity index (χ4v) is 0.0781. The Bertz CT molecular complexity index is 73.3. The summed E-state index contributed by atoms with van der Waals surface area (Å²) in [5, 5.41) is 7.44. The Balaban J connectivity index is 3.34. The number of amides is 1. The molecule has 0 bridgehead atoms. The van der Waals surface area contributed by atoms with Crippen molar-refractivity contribution in [2.45, 2.75) is 0 Å². The molecule has 5 heteroatoms. The smallest absolute Gasteiger partial charge is 0.449 e. The van der Waals surface area contributed by atoms with Gasteiger partial charge in [0, 0.05) is 5.84 Å². The summed E-state index contributed by atoms with van der Waals surface area (Å²) in [6, 6.07) is 0. The number of hydrogen-bond acceptors (Lipinski definition) is 2. The maximum atomic E-state index is 9.48. The van der Waals surface area contributed by atoms with Crippen molar-refractivity contribution in [3.05, 3.63) is 0 Å². The van der Waals surface area contributed by atoms with Gasteiger partial charge in [-0.15, -0.1) is 0 Å². The first kappa shape index (κ1) is 6.19. The molecule has 5 nitrogen and oxygen atoms in total. The molecule has 0 heterocycles. The molecule has 0 spiro atoms. The van der Waals surface area contributed by atoms with Gasteiger partial charge in [-0.1, -0.05) is 5.17 Å². The third-order valence-electron chi connectivity index (χ3n) is 0.337. The van der Waals surface area contributed by atoms with Crippen molar-refractivity contribution in [2.24, 2.45) is 0 Å². The first-order valence-electron chi connectivity index (χ1n) is 1.44. The van der Waals surface area contributed by atoms with Crippen LogP contribution in [0.4, 0.5) is 4.79 Å². The van der Waals surface area contributed by atoms with E-state index in [0.29, 0.717) is 0 Å². The van der Waals surface area contributed by atoms with Crippen molar-refractivity contribution < 1.29 is 14.7 Å². The third-order valence-corrected chi connectivity index (χ3v) is 0.337. The van der Waals surface area contributed by atoms with E-state index in [0.717, 1.165) is 7.11 Å². The van der Waals surface area contributed by atoms with Crippen LogP contribution in [0.15, 0.2) is 0 Å². The van der Waals surface area contributed by atoms with Gasteiger partial charge < -0.3 is 5.11 Å². The quantitative estimate of drug-likeness (QED) is 0.456. The van der Waals surface area contributed by atoms with Crippen LogP contribution in [0.1, 0.15) is 0 Å². The van der Waals surface area contributed by atoms with Gasteiger partial charge >= 0.3 is 6.09 Å². The van der Waals surface area contributed by atoms with E-state index in [4.69, 9.17) is 10.9 Å². The molecule has 0 aliphatic rings. The second-order valence-corrected chi connectivity index (χ2v) is 0.738. The zero-order chi connectivity index (χ0) is 5.86. The van der Waals surface area contributed by atoms with E-state index in [2.05, 4.69) is 4.84 Å². The van der Waals surface area contributed by atoms with Crippen molar-refractivity contribution in [3.63, 3.8) is 0 Å². The molecule has 40 valence electrons. The molecule has 0 aliphatic heterocycles. The van der Waals surface area contributed by atoms with Gasteiger partial charge in [0.25, 0.3) is 0 Å². The Morgan fingerprint density at radius 2 is 2.43 bits per heavy atom. The fraction of sp³-hybridized carbons (Fsp3) is 0.500. The molecular formula is C2H4N2O3. The van der Waals surface area contributed by atoms with E-state index in [1.807, 2.05) is 0 Å². The highest BCUT2D eigenvalue weighted by atomic mass is 16.7. The summed E-state index contributed by atoms with van der Waals surface area (Å²) in [5.41, 5.74) is 0. The molecular weight excluding hydrogens is 100 g/mol. The number of carbonyl (C=O) groups is 1. The van der Waals surface area contributed by atoms with Crippen LogP contribution >= 0.6 is 0 Å². The van der Waals surface area contributed by atoms with Gasteiger partial charge in [0.15, 0.2) is 0 Å². The predicted octanol–water partition coefficient (Wildman–Crippen LogP) is -0.488. The number of hydroxylamine groups is 1. The third kappa shape index (κ3) is 1.96. The lowest BCUT2D eigenvalue weighted by Crippen LogP contribution is -2.25. The summed E-state index contributed by atoms with van der Waals surface area (Å²) in [5.74, 6) is 7.95. The minimum Gasteiger partial charge on any atom is -0.462 e. The Kier molecular flexibility index (Phi) is 2.10. The maximum absolute atomic E-state index is 9.48. The van der Waals surface area contributed by atoms with Crippen LogP contribution in [-0.2, 0) is 4.84 Å². The van der Waals surface area contributed by atoms with Gasteiger partial charge in [0.05, 0.1) is 7.11 Å². The molecule has 0 aromatic heterocycles. The summed E-state index contributed by atoms with van der Waals surface area (Å²) < 4.78 is 0. The lowest BCUT2D eigenvalue weighted by molar-refractivity contribution is -0.112. The average Bonchev–Trinajstić information content (AvgIpc) is 1.65. The van der Waals surface area contributed by atoms with E-state index in [9.17, 15) is 4.79 Å². The molecule has 0 saturated carbocycles. The molecule has 0 rings (SSSR count). The molecule has 7 heavy (non-hydrogen) atoms. The predicted molar refractivity (Wildman–Crippen MR) is 19.0 cm³/mol. The SMILES string of the molecule is CON([N])C(=O)O. The van der Waals surface area contributed by atoms with Crippen LogP contribution in [0.25, 0.3) is 0 Å². The molecule has 0 unspecified atom stereocenters. The van der Waals surface area contributed by atoms with Gasteiger partial charge in [-0.05, 0) is 0 Å². The molecule has 0 aromatic rings. The second kappa shape index (κ2) is 2.38. The van der Waals surface area contributed by atoms with Crippen molar-refractivity contribution in [3.8, 4) is 0 Å². The summed E-state index contributed by atoms with van der Waals surface area (Å²) in [7, 11) is 1.04. The van der Waals surface area contributed by atoms with Crippen molar-refractivity contribution in [2.75, 3.05) is 7.11 Å². The first-order valence-corrected chi connectivity index (χ1v) is 1.44. The number of nitrogens with zero attached hydrogens (tertiary/aromatic N) is 2. The zero-order valence-corrected chi connectivity index (χ0v) is 3.66. The lowest BCUT2D eigenvalue weighted by Gasteiger charge is -2.01. The monoisotopic (exact) mass is 104 g/mol. The fourth-order valence-electron chi connectivity index (χ4n) is 0.0781. The van der Waals surface area contributed by atoms with Crippen LogP contribution in [0.3, 0.4) is 0 Å². The number of hydrogen-bond donors (Lipinski definition) is 1. The highest BCUT2D eigenvalue weighted by Crippen LogP contribution is 1.76. The minimum atomic E-state index is -1.54. The summed E-state index contributed by atoms with van der Waals surface area (Å²) >= 11 is 0. The van der Waals surface area contributed by atoms with Crippen LogP contribution in [0.5, 0.6) is 0 Å². The van der Waals surface area contributed by atoms with Gasteiger partial charge in [-0.25, -0.2) is 4.79 Å². The Hall–Kier alpha value is -0.810. The van der Waals surface area contributed by atoms with Gasteiger partial charge in [0.2, 0.25) is 0 Å². The minimum absolute atomic E-state index is 0.292. The van der Waals surface area contributed by atoms with Crippen LogP contribution in [0, 0.1) is 0 Å². The average molecular weight is 104 g/mol. The van der Waals surface area contributed by atoms with E-state index in [1.54, 1.807) is 0 Å². The van der Waals surface area contributed by atoms with E-state index >= 15 is 0 Å². The highest BCUT2D eigenvalue weighted by Gasteiger charge is 2.03. The standard InChI is InChI=1S/C2H4N2O3/c1-7-4(3)2(5)6/h1H3,(H,5,6). The normalized spacial score (nSPS) is 8.29. The maximum Gasteiger partial charge on any atom is 0.449 e. The lowest BCUT2D eigenvalue weighted by atomic mass is 11.2. The first-order chi connectivity index (χ1) is 3.18. The molecule has 0 saturated heterocycles. The molecule has 0 aliphatic carbocycles. The number of rotatable bonds is 1. The van der Waals surface area contributed by atoms with Gasteiger partial charge in [-0.3, -0.25) is 4.84 Å². The number of carboxylic acid groups (broad SMARTS) is 1. The van der Waals surface area contributed by atoms with Crippen LogP contribution in [-0.4, -0.2) is 23.5 Å². The molecule has 0 atom stereocenters. The van der Waals surface area contributed by atoms with Crippen LogP contribution in [0.2, 0.25) is 0 Å². The molecule has 1 amide bonds. The second-order valence-electron chi connectivity index (χ2n) is 0.738. The van der Waals surface area contributed by atoms with Crippen molar-refractivity contribution in [1.29, 1.82) is 0 Å². The topological polar surface area (TPSA) is 72.1 Å². The van der Waals surface area contributed by atoms with E-state index in [-0.39, 0.29) is 5.17 Å². The largest absolute Gasteiger partial charge is 0.462 e. The zero-order valence-electron chi connectivity index (χ0n) is 3.66. The molecule has 0 fully saturated rings. The Labute approximate surface area is 40.2 Å². The van der Waals surface area contributed by atoms with Gasteiger partial charge in [0.1, 0.15) is 0 Å². The summed E-state index contributed by atoms with van der Waals surface area (Å²) in [6.07, 6.45) is -1.54. The Morgan fingerprint density at radius 1 is 2.00 bits per heavy atom. The molecule has 1 N–H and O–H groups in total. The summed E-state index contributed by atoms with van der Waals surface area (Å²) in [4.78, 5) is 13.3. The highest BCUT2D eigenvalue weighted by molar-refractivity contribution is 5.62. The summed E-state index contributed by atoms with van der Waals surface area (Å²) in [6.45, 7) is 0.